The Kier molecular flexibility index (Phi) is 4.01. The van der Waals surface area contributed by atoms with Crippen LogP contribution in [-0.2, 0) is 24.3 Å². The second kappa shape index (κ2) is 5.93. The maximum absolute atomic E-state index is 12.9. The third-order valence-electron chi connectivity index (χ3n) is 3.62. The van der Waals surface area contributed by atoms with Crippen molar-refractivity contribution in [3.8, 4) is 0 Å². The summed E-state index contributed by atoms with van der Waals surface area (Å²) in [4.78, 5) is 0. The van der Waals surface area contributed by atoms with Crippen LogP contribution in [0.2, 0.25) is 0 Å². The third kappa shape index (κ3) is 3.29. The largest absolute Gasteiger partial charge is 0.388 e. The number of aliphatic hydroxyl groups excluding tert-OH is 1. The van der Waals surface area contributed by atoms with Gasteiger partial charge in [0, 0.05) is 19.0 Å². The first-order valence-corrected chi connectivity index (χ1v) is 6.82. The second-order valence-electron chi connectivity index (χ2n) is 5.37. The lowest BCUT2D eigenvalue weighted by atomic mass is 9.91. The Morgan fingerprint density at radius 1 is 1.29 bits per heavy atom. The van der Waals surface area contributed by atoms with Gasteiger partial charge in [0.25, 0.3) is 0 Å². The molecule has 5 nitrogen and oxygen atoms in total. The molecule has 1 aliphatic heterocycles. The van der Waals surface area contributed by atoms with Gasteiger partial charge in [-0.25, -0.2) is 4.39 Å². The van der Waals surface area contributed by atoms with Crippen molar-refractivity contribution >= 4 is 0 Å². The van der Waals surface area contributed by atoms with Gasteiger partial charge in [-0.1, -0.05) is 17.3 Å². The number of nitrogens with zero attached hydrogens (tertiary/aromatic N) is 1. The molecule has 1 aliphatic rings. The summed E-state index contributed by atoms with van der Waals surface area (Å²) in [5.41, 5.74) is 1.62. The Labute approximate surface area is 121 Å². The molecule has 0 saturated carbocycles. The van der Waals surface area contributed by atoms with Gasteiger partial charge in [-0.15, -0.1) is 0 Å². The molecule has 1 fully saturated rings. The number of hydrogen-bond acceptors (Lipinski definition) is 5. The van der Waals surface area contributed by atoms with Crippen molar-refractivity contribution in [3.05, 3.63) is 53.2 Å². The molecule has 0 aliphatic carbocycles. The molecule has 2 aromatic rings. The van der Waals surface area contributed by atoms with Crippen LogP contribution in [0.4, 0.5) is 4.39 Å². The molecule has 0 bridgehead atoms. The zero-order chi connectivity index (χ0) is 14.7. The van der Waals surface area contributed by atoms with Gasteiger partial charge in [-0.2, -0.15) is 0 Å². The van der Waals surface area contributed by atoms with E-state index in [1.165, 1.54) is 12.1 Å². The second-order valence-corrected chi connectivity index (χ2v) is 5.37. The zero-order valence-electron chi connectivity index (χ0n) is 11.5. The standard InChI is InChI=1S/C15H17FN2O3/c16-12-3-1-11(2-4-12)7-17-15(9-20-10-15)6-13-5-14(8-19)21-18-13/h1-5,17,19H,6-10H2. The predicted octanol–water partition coefficient (Wildman–Crippen LogP) is 1.41. The van der Waals surface area contributed by atoms with Gasteiger partial charge in [0.1, 0.15) is 12.4 Å². The van der Waals surface area contributed by atoms with Gasteiger partial charge in [-0.05, 0) is 17.7 Å². The van der Waals surface area contributed by atoms with Crippen molar-refractivity contribution < 1.29 is 18.8 Å². The van der Waals surface area contributed by atoms with Gasteiger partial charge in [0.05, 0.1) is 24.4 Å². The molecule has 1 aromatic heterocycles. The number of halogens is 1. The summed E-state index contributed by atoms with van der Waals surface area (Å²) < 4.78 is 23.2. The van der Waals surface area contributed by atoms with E-state index in [1.807, 2.05) is 0 Å². The first-order valence-electron chi connectivity index (χ1n) is 6.82. The summed E-state index contributed by atoms with van der Waals surface area (Å²) in [5, 5.41) is 16.4. The normalized spacial score (nSPS) is 16.7. The van der Waals surface area contributed by atoms with E-state index in [4.69, 9.17) is 14.4 Å². The van der Waals surface area contributed by atoms with Gasteiger partial charge >= 0.3 is 0 Å². The lowest BCUT2D eigenvalue weighted by molar-refractivity contribution is -0.0755. The SMILES string of the molecule is OCc1cc(CC2(NCc3ccc(F)cc3)COC2)no1. The summed E-state index contributed by atoms with van der Waals surface area (Å²) in [5.74, 6) is 0.221. The van der Waals surface area contributed by atoms with E-state index in [0.29, 0.717) is 31.9 Å². The van der Waals surface area contributed by atoms with Crippen molar-refractivity contribution in [2.75, 3.05) is 13.2 Å². The minimum absolute atomic E-state index is 0.153. The Morgan fingerprint density at radius 2 is 2.05 bits per heavy atom. The maximum atomic E-state index is 12.9. The van der Waals surface area contributed by atoms with E-state index in [1.54, 1.807) is 18.2 Å². The number of rotatable bonds is 6. The fraction of sp³-hybridized carbons (Fsp3) is 0.400. The molecule has 0 spiro atoms. The monoisotopic (exact) mass is 292 g/mol. The van der Waals surface area contributed by atoms with Crippen LogP contribution in [-0.4, -0.2) is 29.0 Å². The van der Waals surface area contributed by atoms with Crippen molar-refractivity contribution in [2.24, 2.45) is 0 Å². The van der Waals surface area contributed by atoms with E-state index in [-0.39, 0.29) is 18.0 Å². The van der Waals surface area contributed by atoms with Crippen LogP contribution in [0.15, 0.2) is 34.9 Å². The summed E-state index contributed by atoms with van der Waals surface area (Å²) >= 11 is 0. The highest BCUT2D eigenvalue weighted by atomic mass is 19.1. The lowest BCUT2D eigenvalue weighted by Crippen LogP contribution is -2.61. The molecule has 112 valence electrons. The molecule has 0 unspecified atom stereocenters. The third-order valence-corrected chi connectivity index (χ3v) is 3.62. The Bertz CT molecular complexity index is 593. The molecular weight excluding hydrogens is 275 g/mol. The molecule has 0 radical (unpaired) electrons. The number of aliphatic hydroxyl groups is 1. The van der Waals surface area contributed by atoms with E-state index in [2.05, 4.69) is 10.5 Å². The smallest absolute Gasteiger partial charge is 0.162 e. The Hall–Kier alpha value is -1.76. The maximum Gasteiger partial charge on any atom is 0.162 e. The zero-order valence-corrected chi connectivity index (χ0v) is 11.5. The molecule has 0 atom stereocenters. The molecule has 2 N–H and O–H groups in total. The molecule has 2 heterocycles. The summed E-state index contributed by atoms with van der Waals surface area (Å²) in [6, 6.07) is 8.17. The number of benzene rings is 1. The molecule has 6 heteroatoms. The Balaban J connectivity index is 1.62. The van der Waals surface area contributed by atoms with Crippen molar-refractivity contribution in [1.29, 1.82) is 0 Å². The van der Waals surface area contributed by atoms with Crippen LogP contribution >= 0.6 is 0 Å². The van der Waals surface area contributed by atoms with E-state index >= 15 is 0 Å². The minimum atomic E-state index is -0.237. The number of ether oxygens (including phenoxy) is 1. The van der Waals surface area contributed by atoms with Crippen LogP contribution in [0.25, 0.3) is 0 Å². The highest BCUT2D eigenvalue weighted by molar-refractivity contribution is 5.17. The molecule has 21 heavy (non-hydrogen) atoms. The number of aromatic nitrogens is 1. The molecule has 0 amide bonds. The van der Waals surface area contributed by atoms with Crippen LogP contribution in [0.3, 0.4) is 0 Å². The van der Waals surface area contributed by atoms with Crippen molar-refractivity contribution in [1.82, 2.24) is 10.5 Å². The average molecular weight is 292 g/mol. The van der Waals surface area contributed by atoms with Crippen LogP contribution in [0, 0.1) is 5.82 Å². The van der Waals surface area contributed by atoms with Crippen LogP contribution in [0.1, 0.15) is 17.0 Å². The molecule has 3 rings (SSSR count). The van der Waals surface area contributed by atoms with E-state index in [0.717, 1.165) is 11.3 Å². The Morgan fingerprint density at radius 3 is 2.62 bits per heavy atom. The fourth-order valence-corrected chi connectivity index (χ4v) is 2.37. The van der Waals surface area contributed by atoms with E-state index < -0.39 is 0 Å². The predicted molar refractivity (Wildman–Crippen MR) is 72.9 cm³/mol. The van der Waals surface area contributed by atoms with Gasteiger partial charge in [0.2, 0.25) is 0 Å². The first kappa shape index (κ1) is 14.2. The van der Waals surface area contributed by atoms with Crippen LogP contribution in [0.5, 0.6) is 0 Å². The quantitative estimate of drug-likeness (QED) is 0.842. The van der Waals surface area contributed by atoms with Gasteiger partial charge in [0.15, 0.2) is 5.76 Å². The summed E-state index contributed by atoms with van der Waals surface area (Å²) in [7, 11) is 0. The van der Waals surface area contributed by atoms with Crippen molar-refractivity contribution in [3.63, 3.8) is 0 Å². The van der Waals surface area contributed by atoms with Gasteiger partial charge < -0.3 is 19.7 Å². The fourth-order valence-electron chi connectivity index (χ4n) is 2.37. The molecular formula is C15H17FN2O3. The van der Waals surface area contributed by atoms with Gasteiger partial charge in [-0.3, -0.25) is 0 Å². The highest BCUT2D eigenvalue weighted by Crippen LogP contribution is 2.23. The lowest BCUT2D eigenvalue weighted by Gasteiger charge is -2.42. The topological polar surface area (TPSA) is 67.5 Å². The molecule has 1 saturated heterocycles. The molecule has 1 aromatic carbocycles. The summed E-state index contributed by atoms with van der Waals surface area (Å²) in [6.07, 6.45) is 0.664. The van der Waals surface area contributed by atoms with Crippen molar-refractivity contribution in [2.45, 2.75) is 25.1 Å². The first-order chi connectivity index (χ1) is 10.2. The van der Waals surface area contributed by atoms with Crippen LogP contribution < -0.4 is 5.32 Å². The highest BCUT2D eigenvalue weighted by Gasteiger charge is 2.39. The minimum Gasteiger partial charge on any atom is -0.388 e. The average Bonchev–Trinajstić information content (AvgIpc) is 2.91. The van der Waals surface area contributed by atoms with E-state index in [9.17, 15) is 4.39 Å². The summed E-state index contributed by atoms with van der Waals surface area (Å²) in [6.45, 7) is 1.67. The number of hydrogen-bond donors (Lipinski definition) is 2. The number of nitrogens with one attached hydrogen (secondary N) is 1.